The number of nitrogens with one attached hydrogen (secondary N) is 1. The van der Waals surface area contributed by atoms with E-state index in [9.17, 15) is 19.8 Å². The number of ether oxygens (including phenoxy) is 2. The smallest absolute Gasteiger partial charge is 0.407 e. The third-order valence-corrected chi connectivity index (χ3v) is 4.08. The second kappa shape index (κ2) is 10.3. The lowest BCUT2D eigenvalue weighted by Crippen LogP contribution is -2.29. The van der Waals surface area contributed by atoms with Gasteiger partial charge in [-0.3, -0.25) is 0 Å². The minimum atomic E-state index is -1.26. The summed E-state index contributed by atoms with van der Waals surface area (Å²) in [6.45, 7) is 0.226. The van der Waals surface area contributed by atoms with E-state index < -0.39 is 24.3 Å². The summed E-state index contributed by atoms with van der Waals surface area (Å²) in [6, 6.07) is 13.3. The first kappa shape index (κ1) is 21.2. The first-order valence-electron chi connectivity index (χ1n) is 8.64. The molecule has 150 valence electrons. The topological polar surface area (TPSA) is 125 Å². The number of benzene rings is 2. The Morgan fingerprint density at radius 3 is 2.46 bits per heavy atom. The fourth-order valence-corrected chi connectivity index (χ4v) is 2.54. The van der Waals surface area contributed by atoms with Crippen molar-refractivity contribution < 1.29 is 34.4 Å². The maximum absolute atomic E-state index is 11.7. The van der Waals surface area contributed by atoms with Crippen LogP contribution >= 0.6 is 0 Å². The van der Waals surface area contributed by atoms with E-state index in [0.717, 1.165) is 5.56 Å². The van der Waals surface area contributed by atoms with Gasteiger partial charge in [0.2, 0.25) is 0 Å². The highest BCUT2D eigenvalue weighted by Gasteiger charge is 2.21. The summed E-state index contributed by atoms with van der Waals surface area (Å²) < 4.78 is 10.1. The number of rotatable bonds is 9. The fourth-order valence-electron chi connectivity index (χ4n) is 2.54. The zero-order chi connectivity index (χ0) is 20.5. The van der Waals surface area contributed by atoms with Gasteiger partial charge in [0.25, 0.3) is 0 Å². The minimum Gasteiger partial charge on any atom is -0.496 e. The van der Waals surface area contributed by atoms with E-state index in [-0.39, 0.29) is 30.9 Å². The van der Waals surface area contributed by atoms with Crippen LogP contribution in [-0.4, -0.2) is 47.1 Å². The Labute approximate surface area is 162 Å². The molecule has 0 saturated heterocycles. The lowest BCUT2D eigenvalue weighted by Gasteiger charge is -2.19. The maximum Gasteiger partial charge on any atom is 0.407 e. The van der Waals surface area contributed by atoms with Crippen molar-refractivity contribution in [3.8, 4) is 5.75 Å². The number of hydrogen-bond donors (Lipinski definition) is 4. The van der Waals surface area contributed by atoms with Gasteiger partial charge in [0.1, 0.15) is 24.0 Å². The number of alkyl carbamates (subject to hydrolysis) is 1. The normalized spacial score (nSPS) is 12.7. The molecule has 1 amide bonds. The average molecular weight is 389 g/mol. The van der Waals surface area contributed by atoms with E-state index in [1.165, 1.54) is 25.3 Å². The van der Waals surface area contributed by atoms with Crippen molar-refractivity contribution in [2.45, 2.75) is 25.2 Å². The van der Waals surface area contributed by atoms with Crippen LogP contribution in [-0.2, 0) is 11.3 Å². The second-order valence-corrected chi connectivity index (χ2v) is 6.05. The third kappa shape index (κ3) is 5.97. The molecule has 0 fully saturated rings. The summed E-state index contributed by atoms with van der Waals surface area (Å²) in [5.41, 5.74) is 1.11. The van der Waals surface area contributed by atoms with Gasteiger partial charge in [-0.05, 0) is 29.7 Å². The number of carboxylic acid groups (broad SMARTS) is 1. The number of aromatic carboxylic acids is 1. The quantitative estimate of drug-likeness (QED) is 0.517. The number of methoxy groups -OCH3 is 1. The van der Waals surface area contributed by atoms with E-state index in [0.29, 0.717) is 5.56 Å². The number of amides is 1. The highest BCUT2D eigenvalue weighted by molar-refractivity contribution is 5.91. The summed E-state index contributed by atoms with van der Waals surface area (Å²) in [4.78, 5) is 22.8. The van der Waals surface area contributed by atoms with E-state index in [2.05, 4.69) is 5.32 Å². The van der Waals surface area contributed by atoms with Gasteiger partial charge in [-0.15, -0.1) is 0 Å². The molecule has 0 aliphatic carbocycles. The Kier molecular flexibility index (Phi) is 7.79. The number of carbonyl (C=O) groups excluding carboxylic acids is 1. The third-order valence-electron chi connectivity index (χ3n) is 4.08. The minimum absolute atomic E-state index is 0.0456. The van der Waals surface area contributed by atoms with Crippen molar-refractivity contribution in [1.82, 2.24) is 5.32 Å². The molecule has 0 saturated carbocycles. The molecule has 28 heavy (non-hydrogen) atoms. The predicted molar refractivity (Wildman–Crippen MR) is 100 cm³/mol. The lowest BCUT2D eigenvalue weighted by molar-refractivity contribution is 0.0135. The van der Waals surface area contributed by atoms with Crippen LogP contribution in [0, 0.1) is 0 Å². The summed E-state index contributed by atoms with van der Waals surface area (Å²) in [6.07, 6.45) is -2.99. The molecule has 2 atom stereocenters. The molecule has 0 aromatic heterocycles. The number of hydrogen-bond acceptors (Lipinski definition) is 6. The van der Waals surface area contributed by atoms with Gasteiger partial charge >= 0.3 is 12.1 Å². The van der Waals surface area contributed by atoms with Crippen molar-refractivity contribution in [3.05, 3.63) is 65.2 Å². The maximum atomic E-state index is 11.7. The molecular formula is C20H23NO7. The summed E-state index contributed by atoms with van der Waals surface area (Å²) in [5.74, 6) is -1.07. The molecule has 4 N–H and O–H groups in total. The number of aliphatic hydroxyl groups excluding tert-OH is 2. The van der Waals surface area contributed by atoms with Gasteiger partial charge in [-0.1, -0.05) is 36.4 Å². The van der Waals surface area contributed by atoms with Crippen LogP contribution in [0.15, 0.2) is 48.5 Å². The highest BCUT2D eigenvalue weighted by Crippen LogP contribution is 2.26. The zero-order valence-electron chi connectivity index (χ0n) is 15.4. The monoisotopic (exact) mass is 389 g/mol. The van der Waals surface area contributed by atoms with E-state index in [1.54, 1.807) is 0 Å². The fraction of sp³-hybridized carbons (Fsp3) is 0.300. The first-order chi connectivity index (χ1) is 13.4. The number of aliphatic hydroxyl groups is 2. The molecule has 2 rings (SSSR count). The zero-order valence-corrected chi connectivity index (χ0v) is 15.4. The van der Waals surface area contributed by atoms with Crippen LogP contribution < -0.4 is 10.1 Å². The Morgan fingerprint density at radius 2 is 1.82 bits per heavy atom. The lowest BCUT2D eigenvalue weighted by atomic mass is 10.00. The predicted octanol–water partition coefficient (Wildman–Crippen LogP) is 2.10. The summed E-state index contributed by atoms with van der Waals surface area (Å²) in [7, 11) is 1.32. The molecule has 0 radical (unpaired) electrons. The molecule has 0 aliphatic heterocycles. The van der Waals surface area contributed by atoms with Crippen LogP contribution in [0.5, 0.6) is 5.75 Å². The van der Waals surface area contributed by atoms with Crippen molar-refractivity contribution in [2.75, 3.05) is 13.7 Å². The second-order valence-electron chi connectivity index (χ2n) is 6.05. The Balaban J connectivity index is 1.81. The van der Waals surface area contributed by atoms with Crippen molar-refractivity contribution in [1.29, 1.82) is 0 Å². The van der Waals surface area contributed by atoms with Crippen LogP contribution in [0.4, 0.5) is 4.79 Å². The van der Waals surface area contributed by atoms with Crippen LogP contribution in [0.25, 0.3) is 0 Å². The van der Waals surface area contributed by atoms with Crippen molar-refractivity contribution in [3.63, 3.8) is 0 Å². The van der Waals surface area contributed by atoms with E-state index in [4.69, 9.17) is 14.6 Å². The van der Waals surface area contributed by atoms with Gasteiger partial charge in [-0.2, -0.15) is 0 Å². The molecule has 0 spiro atoms. The molecule has 0 bridgehead atoms. The standard InChI is InChI=1S/C20H23NO7/c1-27-17-11-14(7-8-15(17)19(24)25)18(23)16(22)9-10-21-20(26)28-12-13-5-3-2-4-6-13/h2-8,11,16,18,22-23H,9-10,12H2,1H3,(H,21,26)(H,24,25). The van der Waals surface area contributed by atoms with Gasteiger partial charge in [0.15, 0.2) is 0 Å². The Morgan fingerprint density at radius 1 is 1.11 bits per heavy atom. The molecular weight excluding hydrogens is 366 g/mol. The molecule has 0 aliphatic rings. The molecule has 2 aromatic carbocycles. The summed E-state index contributed by atoms with van der Waals surface area (Å²) in [5, 5.41) is 32.0. The van der Waals surface area contributed by atoms with Gasteiger partial charge < -0.3 is 30.1 Å². The largest absolute Gasteiger partial charge is 0.496 e. The van der Waals surface area contributed by atoms with Gasteiger partial charge in [0, 0.05) is 6.54 Å². The average Bonchev–Trinajstić information content (AvgIpc) is 2.71. The van der Waals surface area contributed by atoms with E-state index >= 15 is 0 Å². The van der Waals surface area contributed by atoms with Gasteiger partial charge in [-0.25, -0.2) is 9.59 Å². The van der Waals surface area contributed by atoms with E-state index in [1.807, 2.05) is 30.3 Å². The molecule has 0 heterocycles. The first-order valence-corrected chi connectivity index (χ1v) is 8.64. The molecule has 8 nitrogen and oxygen atoms in total. The van der Waals surface area contributed by atoms with Gasteiger partial charge in [0.05, 0.1) is 13.2 Å². The Bertz CT molecular complexity index is 794. The molecule has 2 unspecified atom stereocenters. The molecule has 2 aromatic rings. The van der Waals surface area contributed by atoms with Crippen LogP contribution in [0.1, 0.15) is 34.0 Å². The van der Waals surface area contributed by atoms with Crippen molar-refractivity contribution in [2.24, 2.45) is 0 Å². The van der Waals surface area contributed by atoms with Crippen LogP contribution in [0.3, 0.4) is 0 Å². The highest BCUT2D eigenvalue weighted by atomic mass is 16.5. The van der Waals surface area contributed by atoms with Crippen LogP contribution in [0.2, 0.25) is 0 Å². The van der Waals surface area contributed by atoms with Crippen molar-refractivity contribution >= 4 is 12.1 Å². The number of carboxylic acids is 1. The SMILES string of the molecule is COc1cc(C(O)C(O)CCNC(=O)OCc2ccccc2)ccc1C(=O)O. The number of carbonyl (C=O) groups is 2. The Hall–Kier alpha value is -3.10. The molecule has 8 heteroatoms. The summed E-state index contributed by atoms with van der Waals surface area (Å²) >= 11 is 0.